The third-order valence-electron chi connectivity index (χ3n) is 4.98. The Morgan fingerprint density at radius 2 is 2.03 bits per heavy atom. The lowest BCUT2D eigenvalue weighted by molar-refractivity contribution is -0.127. The van der Waals surface area contributed by atoms with Gasteiger partial charge >= 0.3 is 0 Å². The van der Waals surface area contributed by atoms with Gasteiger partial charge in [-0.1, -0.05) is 23.4 Å². The SMILES string of the molecule is COCCNC(=O)[C@H](c1ccco1)N(C(=O)Cn1nnc2ccccc21)c1cccc(F)c1. The van der Waals surface area contributed by atoms with Gasteiger partial charge in [0.15, 0.2) is 6.04 Å². The van der Waals surface area contributed by atoms with E-state index < -0.39 is 23.7 Å². The number of hydrogen-bond acceptors (Lipinski definition) is 6. The molecule has 9 nitrogen and oxygen atoms in total. The van der Waals surface area contributed by atoms with Gasteiger partial charge in [-0.2, -0.15) is 0 Å². The van der Waals surface area contributed by atoms with Crippen LogP contribution in [0, 0.1) is 5.82 Å². The van der Waals surface area contributed by atoms with E-state index in [-0.39, 0.29) is 31.1 Å². The number of aromatic nitrogens is 3. The van der Waals surface area contributed by atoms with Gasteiger partial charge in [0.25, 0.3) is 5.91 Å². The first-order chi connectivity index (χ1) is 16.1. The van der Waals surface area contributed by atoms with Gasteiger partial charge in [0.1, 0.15) is 23.6 Å². The molecule has 0 radical (unpaired) electrons. The zero-order valence-electron chi connectivity index (χ0n) is 17.8. The first-order valence-corrected chi connectivity index (χ1v) is 10.2. The molecule has 2 aromatic carbocycles. The number of methoxy groups -OCH3 is 1. The van der Waals surface area contributed by atoms with E-state index >= 15 is 0 Å². The van der Waals surface area contributed by atoms with Crippen LogP contribution >= 0.6 is 0 Å². The second-order valence-corrected chi connectivity index (χ2v) is 7.18. The average Bonchev–Trinajstić information content (AvgIpc) is 3.48. The Labute approximate surface area is 188 Å². The zero-order chi connectivity index (χ0) is 23.2. The van der Waals surface area contributed by atoms with Crippen molar-refractivity contribution in [2.24, 2.45) is 0 Å². The van der Waals surface area contributed by atoms with E-state index in [9.17, 15) is 14.0 Å². The van der Waals surface area contributed by atoms with Gasteiger partial charge in [-0.05, 0) is 42.5 Å². The predicted octanol–water partition coefficient (Wildman–Crippen LogP) is 2.70. The smallest absolute Gasteiger partial charge is 0.251 e. The minimum atomic E-state index is -1.18. The van der Waals surface area contributed by atoms with Crippen molar-refractivity contribution in [3.05, 3.63) is 78.5 Å². The Hall–Kier alpha value is -4.05. The largest absolute Gasteiger partial charge is 0.467 e. The minimum absolute atomic E-state index is 0.202. The number of rotatable bonds is 9. The second kappa shape index (κ2) is 10.0. The number of fused-ring (bicyclic) bond motifs is 1. The summed E-state index contributed by atoms with van der Waals surface area (Å²) in [6.45, 7) is 0.292. The van der Waals surface area contributed by atoms with E-state index in [0.29, 0.717) is 11.0 Å². The number of amides is 2. The Morgan fingerprint density at radius 1 is 1.18 bits per heavy atom. The highest BCUT2D eigenvalue weighted by molar-refractivity contribution is 6.01. The van der Waals surface area contributed by atoms with Crippen molar-refractivity contribution >= 4 is 28.5 Å². The summed E-state index contributed by atoms with van der Waals surface area (Å²) in [5.74, 6) is -1.32. The summed E-state index contributed by atoms with van der Waals surface area (Å²) in [6, 6.07) is 14.7. The molecule has 10 heteroatoms. The number of benzene rings is 2. The van der Waals surface area contributed by atoms with Gasteiger partial charge in [-0.3, -0.25) is 14.5 Å². The number of anilines is 1. The number of nitrogens with one attached hydrogen (secondary N) is 1. The third-order valence-corrected chi connectivity index (χ3v) is 4.98. The average molecular weight is 451 g/mol. The maximum atomic E-state index is 14.1. The molecule has 0 aliphatic carbocycles. The molecule has 33 heavy (non-hydrogen) atoms. The number of hydrogen-bond donors (Lipinski definition) is 1. The molecular weight excluding hydrogens is 429 g/mol. The normalized spacial score (nSPS) is 11.9. The number of carbonyl (C=O) groups excluding carboxylic acids is 2. The highest BCUT2D eigenvalue weighted by Gasteiger charge is 2.35. The van der Waals surface area contributed by atoms with Crippen molar-refractivity contribution in [2.75, 3.05) is 25.2 Å². The molecule has 4 aromatic rings. The molecule has 0 aliphatic heterocycles. The molecule has 0 spiro atoms. The molecule has 1 atom stereocenters. The lowest BCUT2D eigenvalue weighted by Crippen LogP contribution is -2.45. The fourth-order valence-electron chi connectivity index (χ4n) is 3.49. The molecule has 4 rings (SSSR count). The molecule has 2 heterocycles. The molecule has 0 saturated heterocycles. The lowest BCUT2D eigenvalue weighted by Gasteiger charge is -2.30. The van der Waals surface area contributed by atoms with Gasteiger partial charge in [-0.25, -0.2) is 9.07 Å². The van der Waals surface area contributed by atoms with Crippen LogP contribution in [0.25, 0.3) is 11.0 Å². The molecule has 0 bridgehead atoms. The Balaban J connectivity index is 1.74. The van der Waals surface area contributed by atoms with Crippen LogP contribution in [0.2, 0.25) is 0 Å². The van der Waals surface area contributed by atoms with Crippen molar-refractivity contribution in [2.45, 2.75) is 12.6 Å². The van der Waals surface area contributed by atoms with Gasteiger partial charge in [0.2, 0.25) is 5.91 Å². The topological polar surface area (TPSA) is 102 Å². The lowest BCUT2D eigenvalue weighted by atomic mass is 10.1. The molecule has 170 valence electrons. The summed E-state index contributed by atoms with van der Waals surface area (Å²) in [7, 11) is 1.52. The van der Waals surface area contributed by atoms with Crippen LogP contribution in [0.15, 0.2) is 71.3 Å². The quantitative estimate of drug-likeness (QED) is 0.393. The standard InChI is InChI=1S/C23H22FN5O4/c1-32-13-11-25-23(31)22(20-10-5-12-33-20)29(17-7-4-6-16(24)14-17)21(30)15-28-19-9-3-2-8-18(19)26-27-28/h2-10,12,14,22H,11,13,15H2,1H3,(H,25,31)/t22-/m0/s1. The van der Waals surface area contributed by atoms with Gasteiger partial charge in [0.05, 0.1) is 18.4 Å². The fourth-order valence-corrected chi connectivity index (χ4v) is 3.49. The van der Waals surface area contributed by atoms with Crippen molar-refractivity contribution < 1.29 is 23.1 Å². The summed E-state index contributed by atoms with van der Waals surface area (Å²) in [6.07, 6.45) is 1.41. The van der Waals surface area contributed by atoms with E-state index in [0.717, 1.165) is 0 Å². The van der Waals surface area contributed by atoms with Gasteiger partial charge in [0, 0.05) is 19.3 Å². The summed E-state index contributed by atoms with van der Waals surface area (Å²) in [4.78, 5) is 28.0. The van der Waals surface area contributed by atoms with Crippen molar-refractivity contribution in [1.82, 2.24) is 20.3 Å². The second-order valence-electron chi connectivity index (χ2n) is 7.18. The Bertz CT molecular complexity index is 1240. The van der Waals surface area contributed by atoms with Gasteiger partial charge < -0.3 is 14.5 Å². The van der Waals surface area contributed by atoms with Crippen LogP contribution in [-0.2, 0) is 20.9 Å². The highest BCUT2D eigenvalue weighted by Crippen LogP contribution is 2.29. The number of carbonyl (C=O) groups is 2. The van der Waals surface area contributed by atoms with Crippen LogP contribution < -0.4 is 10.2 Å². The monoisotopic (exact) mass is 451 g/mol. The number of nitrogens with zero attached hydrogens (tertiary/aromatic N) is 4. The molecular formula is C23H22FN5O4. The molecule has 0 fully saturated rings. The molecule has 2 amide bonds. The number of furan rings is 1. The van der Waals surface area contributed by atoms with Crippen molar-refractivity contribution in [3.8, 4) is 0 Å². The summed E-state index contributed by atoms with van der Waals surface area (Å²) >= 11 is 0. The molecule has 0 saturated carbocycles. The van der Waals surface area contributed by atoms with Crippen molar-refractivity contribution in [3.63, 3.8) is 0 Å². The van der Waals surface area contributed by atoms with Crippen molar-refractivity contribution in [1.29, 1.82) is 0 Å². The fraction of sp³-hybridized carbons (Fsp3) is 0.217. The van der Waals surface area contributed by atoms with Crippen LogP contribution in [-0.4, -0.2) is 47.1 Å². The molecule has 0 aliphatic rings. The predicted molar refractivity (Wildman–Crippen MR) is 118 cm³/mol. The maximum absolute atomic E-state index is 14.1. The van der Waals surface area contributed by atoms with E-state index in [1.807, 2.05) is 12.1 Å². The van der Waals surface area contributed by atoms with Crippen LogP contribution in [0.1, 0.15) is 11.8 Å². The number of para-hydroxylation sites is 1. The Morgan fingerprint density at radius 3 is 2.79 bits per heavy atom. The van der Waals surface area contributed by atoms with E-state index in [1.54, 1.807) is 30.3 Å². The molecule has 1 N–H and O–H groups in total. The minimum Gasteiger partial charge on any atom is -0.467 e. The van der Waals surface area contributed by atoms with Crippen LogP contribution in [0.5, 0.6) is 0 Å². The first kappa shape index (κ1) is 22.2. The maximum Gasteiger partial charge on any atom is 0.251 e. The van der Waals surface area contributed by atoms with E-state index in [4.69, 9.17) is 9.15 Å². The summed E-state index contributed by atoms with van der Waals surface area (Å²) < 4.78 is 26.1. The number of halogens is 1. The Kier molecular flexibility index (Phi) is 6.75. The van der Waals surface area contributed by atoms with Gasteiger partial charge in [-0.15, -0.1) is 5.10 Å². The molecule has 2 aromatic heterocycles. The summed E-state index contributed by atoms with van der Waals surface area (Å²) in [5.41, 5.74) is 1.49. The highest BCUT2D eigenvalue weighted by atomic mass is 19.1. The van der Waals surface area contributed by atoms with Crippen LogP contribution in [0.4, 0.5) is 10.1 Å². The third kappa shape index (κ3) is 4.90. The molecule has 0 unspecified atom stereocenters. The van der Waals surface area contributed by atoms with E-state index in [1.165, 1.54) is 41.2 Å². The first-order valence-electron chi connectivity index (χ1n) is 10.2. The number of ether oxygens (including phenoxy) is 1. The van der Waals surface area contributed by atoms with Crippen LogP contribution in [0.3, 0.4) is 0 Å². The zero-order valence-corrected chi connectivity index (χ0v) is 17.8. The summed E-state index contributed by atoms with van der Waals surface area (Å²) in [5, 5.41) is 10.9. The van der Waals surface area contributed by atoms with E-state index in [2.05, 4.69) is 15.6 Å².